The number of hydrazine groups is 1. The summed E-state index contributed by atoms with van der Waals surface area (Å²) >= 11 is 0. The molecule has 0 radical (unpaired) electrons. The van der Waals surface area contributed by atoms with Crippen LogP contribution in [0.25, 0.3) is 0 Å². The standard InChI is InChI=1S/C13H18N2O5/c1-4-19-12(16)14-15(13(17)20-5-2)10-6-8-11(18-3)9-7-10/h6-9H,4-5H2,1-3H3,(H,14,16). The average Bonchev–Trinajstić information content (AvgIpc) is 2.45. The quantitative estimate of drug-likeness (QED) is 0.857. The van der Waals surface area contributed by atoms with Crippen molar-refractivity contribution in [1.82, 2.24) is 5.43 Å². The predicted molar refractivity (Wildman–Crippen MR) is 72.7 cm³/mol. The molecule has 0 bridgehead atoms. The molecule has 0 saturated carbocycles. The Morgan fingerprint density at radius 1 is 1.10 bits per heavy atom. The fraction of sp³-hybridized carbons (Fsp3) is 0.385. The molecule has 1 rings (SSSR count). The lowest BCUT2D eigenvalue weighted by atomic mass is 10.3. The smallest absolute Gasteiger partial charge is 0.433 e. The van der Waals surface area contributed by atoms with Crippen molar-refractivity contribution in [3.8, 4) is 5.75 Å². The second kappa shape index (κ2) is 7.88. The third-order valence-electron chi connectivity index (χ3n) is 2.26. The minimum atomic E-state index is -0.739. The highest BCUT2D eigenvalue weighted by molar-refractivity contribution is 5.90. The summed E-state index contributed by atoms with van der Waals surface area (Å²) in [6.45, 7) is 3.73. The van der Waals surface area contributed by atoms with E-state index in [0.717, 1.165) is 5.01 Å². The molecule has 0 aliphatic rings. The van der Waals surface area contributed by atoms with Gasteiger partial charge in [-0.1, -0.05) is 0 Å². The molecular formula is C13H18N2O5. The summed E-state index contributed by atoms with van der Waals surface area (Å²) in [6.07, 6.45) is -1.44. The fourth-order valence-corrected chi connectivity index (χ4v) is 1.39. The number of hydrogen-bond acceptors (Lipinski definition) is 5. The highest BCUT2D eigenvalue weighted by Gasteiger charge is 2.20. The lowest BCUT2D eigenvalue weighted by Gasteiger charge is -2.22. The number of hydrogen-bond donors (Lipinski definition) is 1. The zero-order valence-electron chi connectivity index (χ0n) is 11.7. The Kier molecular flexibility index (Phi) is 6.15. The molecule has 0 fully saturated rings. The molecule has 0 spiro atoms. The van der Waals surface area contributed by atoms with E-state index in [4.69, 9.17) is 14.2 Å². The summed E-state index contributed by atoms with van der Waals surface area (Å²) in [7, 11) is 1.54. The molecule has 110 valence electrons. The number of ether oxygens (including phenoxy) is 3. The number of carbonyl (C=O) groups is 2. The fourth-order valence-electron chi connectivity index (χ4n) is 1.39. The van der Waals surface area contributed by atoms with Crippen molar-refractivity contribution in [2.24, 2.45) is 0 Å². The number of nitrogens with one attached hydrogen (secondary N) is 1. The number of amides is 2. The topological polar surface area (TPSA) is 77.1 Å². The van der Waals surface area contributed by atoms with Crippen molar-refractivity contribution < 1.29 is 23.8 Å². The number of methoxy groups -OCH3 is 1. The Morgan fingerprint density at radius 3 is 2.20 bits per heavy atom. The minimum absolute atomic E-state index is 0.190. The molecule has 1 aromatic rings. The summed E-state index contributed by atoms with van der Waals surface area (Å²) in [5.41, 5.74) is 2.74. The maximum absolute atomic E-state index is 11.8. The highest BCUT2D eigenvalue weighted by Crippen LogP contribution is 2.18. The number of rotatable bonds is 4. The molecule has 0 heterocycles. The molecule has 7 heteroatoms. The summed E-state index contributed by atoms with van der Waals surface area (Å²) in [5.74, 6) is 0.633. The van der Waals surface area contributed by atoms with Crippen LogP contribution in [-0.2, 0) is 9.47 Å². The van der Waals surface area contributed by atoms with Crippen LogP contribution < -0.4 is 15.2 Å². The zero-order chi connectivity index (χ0) is 15.0. The first-order chi connectivity index (χ1) is 9.62. The van der Waals surface area contributed by atoms with E-state index in [1.165, 1.54) is 7.11 Å². The Labute approximate surface area is 117 Å². The van der Waals surface area contributed by atoms with E-state index in [2.05, 4.69) is 5.43 Å². The Hall–Kier alpha value is -2.44. The second-order valence-corrected chi connectivity index (χ2v) is 3.56. The van der Waals surface area contributed by atoms with E-state index in [0.29, 0.717) is 11.4 Å². The van der Waals surface area contributed by atoms with Gasteiger partial charge in [-0.25, -0.2) is 15.0 Å². The van der Waals surface area contributed by atoms with Crippen molar-refractivity contribution >= 4 is 17.9 Å². The lowest BCUT2D eigenvalue weighted by molar-refractivity contribution is 0.138. The van der Waals surface area contributed by atoms with Gasteiger partial charge in [0.05, 0.1) is 26.0 Å². The van der Waals surface area contributed by atoms with Crippen molar-refractivity contribution in [3.63, 3.8) is 0 Å². The SMILES string of the molecule is CCOC(=O)NN(C(=O)OCC)c1ccc(OC)cc1. The van der Waals surface area contributed by atoms with E-state index in [9.17, 15) is 9.59 Å². The Bertz CT molecular complexity index is 447. The summed E-state index contributed by atoms with van der Waals surface area (Å²) in [5, 5.41) is 0.973. The van der Waals surface area contributed by atoms with E-state index in [-0.39, 0.29) is 13.2 Å². The van der Waals surface area contributed by atoms with Gasteiger partial charge in [0.2, 0.25) is 0 Å². The highest BCUT2D eigenvalue weighted by atomic mass is 16.6. The van der Waals surface area contributed by atoms with Gasteiger partial charge in [0.15, 0.2) is 0 Å². The Morgan fingerprint density at radius 2 is 1.70 bits per heavy atom. The van der Waals surface area contributed by atoms with E-state index in [1.807, 2.05) is 0 Å². The molecule has 0 atom stereocenters. The van der Waals surface area contributed by atoms with Crippen LogP contribution in [0.5, 0.6) is 5.75 Å². The minimum Gasteiger partial charge on any atom is -0.497 e. The van der Waals surface area contributed by atoms with Gasteiger partial charge < -0.3 is 14.2 Å². The molecular weight excluding hydrogens is 264 g/mol. The monoisotopic (exact) mass is 282 g/mol. The van der Waals surface area contributed by atoms with Crippen LogP contribution in [-0.4, -0.2) is 32.5 Å². The molecule has 0 unspecified atom stereocenters. The van der Waals surface area contributed by atoms with Gasteiger partial charge >= 0.3 is 12.2 Å². The van der Waals surface area contributed by atoms with E-state index in [1.54, 1.807) is 38.1 Å². The molecule has 0 aromatic heterocycles. The molecule has 1 aromatic carbocycles. The molecule has 7 nitrogen and oxygen atoms in total. The lowest BCUT2D eigenvalue weighted by Crippen LogP contribution is -2.47. The van der Waals surface area contributed by atoms with Crippen molar-refractivity contribution in [2.75, 3.05) is 25.3 Å². The van der Waals surface area contributed by atoms with Crippen LogP contribution in [0.1, 0.15) is 13.8 Å². The van der Waals surface area contributed by atoms with Crippen LogP contribution in [0.4, 0.5) is 15.3 Å². The maximum Gasteiger partial charge on any atom is 0.433 e. The molecule has 0 aliphatic carbocycles. The van der Waals surface area contributed by atoms with E-state index < -0.39 is 12.2 Å². The largest absolute Gasteiger partial charge is 0.497 e. The summed E-state index contributed by atoms with van der Waals surface area (Å²) < 4.78 is 14.7. The zero-order valence-corrected chi connectivity index (χ0v) is 11.7. The molecule has 0 aliphatic heterocycles. The van der Waals surface area contributed by atoms with Gasteiger partial charge in [0.1, 0.15) is 5.75 Å². The molecule has 1 N–H and O–H groups in total. The number of anilines is 1. The van der Waals surface area contributed by atoms with Crippen LogP contribution in [0.2, 0.25) is 0 Å². The van der Waals surface area contributed by atoms with Gasteiger partial charge in [-0.15, -0.1) is 0 Å². The predicted octanol–water partition coefficient (Wildman–Crippen LogP) is 2.32. The number of nitrogens with zero attached hydrogens (tertiary/aromatic N) is 1. The summed E-state index contributed by atoms with van der Waals surface area (Å²) in [4.78, 5) is 23.3. The molecule has 0 saturated heterocycles. The average molecular weight is 282 g/mol. The third-order valence-corrected chi connectivity index (χ3v) is 2.26. The van der Waals surface area contributed by atoms with Crippen LogP contribution in [0.3, 0.4) is 0 Å². The first-order valence-electron chi connectivity index (χ1n) is 6.16. The van der Waals surface area contributed by atoms with Crippen molar-refractivity contribution in [3.05, 3.63) is 24.3 Å². The van der Waals surface area contributed by atoms with Gasteiger partial charge in [-0.2, -0.15) is 5.01 Å². The third kappa shape index (κ3) is 4.34. The van der Waals surface area contributed by atoms with Crippen molar-refractivity contribution in [1.29, 1.82) is 0 Å². The second-order valence-electron chi connectivity index (χ2n) is 3.56. The number of carbonyl (C=O) groups excluding carboxylic acids is 2. The van der Waals surface area contributed by atoms with Gasteiger partial charge in [0.25, 0.3) is 0 Å². The van der Waals surface area contributed by atoms with Crippen molar-refractivity contribution in [2.45, 2.75) is 13.8 Å². The Balaban J connectivity index is 2.90. The van der Waals surface area contributed by atoms with Gasteiger partial charge in [-0.3, -0.25) is 0 Å². The van der Waals surface area contributed by atoms with Crippen LogP contribution in [0, 0.1) is 0 Å². The van der Waals surface area contributed by atoms with Gasteiger partial charge in [-0.05, 0) is 38.1 Å². The first kappa shape index (κ1) is 15.6. The normalized spacial score (nSPS) is 9.55. The summed E-state index contributed by atoms with van der Waals surface area (Å²) in [6, 6.07) is 6.55. The van der Waals surface area contributed by atoms with E-state index >= 15 is 0 Å². The van der Waals surface area contributed by atoms with Crippen LogP contribution >= 0.6 is 0 Å². The van der Waals surface area contributed by atoms with Crippen LogP contribution in [0.15, 0.2) is 24.3 Å². The molecule has 20 heavy (non-hydrogen) atoms. The number of benzene rings is 1. The maximum atomic E-state index is 11.8. The van der Waals surface area contributed by atoms with Gasteiger partial charge in [0, 0.05) is 0 Å². The first-order valence-corrected chi connectivity index (χ1v) is 6.16. The molecule has 2 amide bonds.